The Morgan fingerprint density at radius 3 is 0.968 bits per heavy atom. The van der Waals surface area contributed by atoms with Crippen molar-refractivity contribution >= 4 is 99.5 Å². The Morgan fingerprint density at radius 2 is 0.597 bits per heavy atom. The lowest BCUT2D eigenvalue weighted by atomic mass is 10.0. The highest BCUT2D eigenvalue weighted by molar-refractivity contribution is 6.18. The van der Waals surface area contributed by atoms with Crippen molar-refractivity contribution in [3.8, 4) is 0 Å². The summed E-state index contributed by atoms with van der Waals surface area (Å²) in [5, 5.41) is 8.83. The summed E-state index contributed by atoms with van der Waals surface area (Å²) in [6.45, 7) is 17.5. The van der Waals surface area contributed by atoms with Gasteiger partial charge in [0, 0.05) is 55.7 Å². The summed E-state index contributed by atoms with van der Waals surface area (Å²) in [5.74, 6) is 0. The van der Waals surface area contributed by atoms with Gasteiger partial charge in [0.2, 0.25) is 0 Å². The molecule has 0 radical (unpaired) electrons. The predicted molar refractivity (Wildman–Crippen MR) is 263 cm³/mol. The van der Waals surface area contributed by atoms with E-state index in [9.17, 15) is 0 Å². The monoisotopic (exact) mass is 804 g/mol. The van der Waals surface area contributed by atoms with Gasteiger partial charge in [0.25, 0.3) is 0 Å². The molecule has 2 heterocycles. The van der Waals surface area contributed by atoms with Crippen LogP contribution < -0.4 is 9.80 Å². The zero-order valence-electron chi connectivity index (χ0n) is 36.6. The molecule has 4 nitrogen and oxygen atoms in total. The van der Waals surface area contributed by atoms with Gasteiger partial charge in [-0.1, -0.05) is 47.5 Å². The van der Waals surface area contributed by atoms with Crippen molar-refractivity contribution in [3.05, 3.63) is 190 Å². The SMILES string of the molecule is Cc1ccc(N(c2cc(C)c(C)c(C)c2)c2ccc3cc4c(cc3c2)oc2cc3c(cc24)oc2cc4cc(N(c5ccc(C)cc5)c5cc(C)c(C)c(C)c5)ccc4cc23)cc1. The molecular weight excluding hydrogens is 757 g/mol. The molecule has 0 bridgehead atoms. The van der Waals surface area contributed by atoms with E-state index in [2.05, 4.69) is 211 Å². The van der Waals surface area contributed by atoms with Gasteiger partial charge in [0.15, 0.2) is 0 Å². The molecule has 2 aromatic heterocycles. The molecule has 11 aromatic rings. The number of fused-ring (bicyclic) bond motifs is 8. The van der Waals surface area contributed by atoms with Crippen LogP contribution in [-0.4, -0.2) is 0 Å². The molecule has 62 heavy (non-hydrogen) atoms. The zero-order chi connectivity index (χ0) is 42.6. The molecule has 0 spiro atoms. The average Bonchev–Trinajstić information content (AvgIpc) is 3.79. The lowest BCUT2D eigenvalue weighted by Gasteiger charge is -2.27. The smallest absolute Gasteiger partial charge is 0.136 e. The van der Waals surface area contributed by atoms with Gasteiger partial charge in [-0.2, -0.15) is 0 Å². The second kappa shape index (κ2) is 14.1. The second-order valence-corrected chi connectivity index (χ2v) is 17.6. The summed E-state index contributed by atoms with van der Waals surface area (Å²) in [5.41, 5.74) is 20.5. The van der Waals surface area contributed by atoms with Crippen LogP contribution in [-0.2, 0) is 0 Å². The number of benzene rings is 9. The standard InChI is InChI=1S/C58H48N2O2/c1-33-9-15-45(16-10-33)59(49-21-35(3)39(7)36(4)22-49)47-19-13-41-27-51-53-31-58-54(32-57(53)61-55(51)29-43(41)25-47)52-28-42-14-20-48(26-44(42)30-56(52)62-58)60(46-17-11-34(2)12-18-46)50-23-37(5)40(8)38(6)24-50/h9-32H,1-8H3. The van der Waals surface area contributed by atoms with E-state index in [4.69, 9.17) is 8.83 Å². The van der Waals surface area contributed by atoms with Crippen molar-refractivity contribution in [1.29, 1.82) is 0 Å². The molecular formula is C58H48N2O2. The number of nitrogens with zero attached hydrogens (tertiary/aromatic N) is 2. The third-order valence-electron chi connectivity index (χ3n) is 13.4. The van der Waals surface area contributed by atoms with Crippen molar-refractivity contribution in [2.45, 2.75) is 55.4 Å². The molecule has 0 saturated carbocycles. The van der Waals surface area contributed by atoms with Gasteiger partial charge < -0.3 is 18.6 Å². The maximum atomic E-state index is 6.70. The van der Waals surface area contributed by atoms with Crippen molar-refractivity contribution in [3.63, 3.8) is 0 Å². The van der Waals surface area contributed by atoms with E-state index < -0.39 is 0 Å². The summed E-state index contributed by atoms with van der Waals surface area (Å²) in [7, 11) is 0. The Hall–Kier alpha value is -7.30. The van der Waals surface area contributed by atoms with E-state index in [1.165, 1.54) is 44.5 Å². The highest BCUT2D eigenvalue weighted by Gasteiger charge is 2.20. The Bertz CT molecular complexity index is 3320. The van der Waals surface area contributed by atoms with Gasteiger partial charge in [-0.3, -0.25) is 0 Å². The Balaban J connectivity index is 1.00. The van der Waals surface area contributed by atoms with Gasteiger partial charge in [-0.25, -0.2) is 0 Å². The van der Waals surface area contributed by atoms with Gasteiger partial charge in [0.05, 0.1) is 0 Å². The van der Waals surface area contributed by atoms with E-state index >= 15 is 0 Å². The molecule has 11 rings (SSSR count). The molecule has 4 heteroatoms. The summed E-state index contributed by atoms with van der Waals surface area (Å²) in [6.07, 6.45) is 0. The van der Waals surface area contributed by atoms with E-state index in [-0.39, 0.29) is 0 Å². The number of aryl methyl sites for hydroxylation is 6. The van der Waals surface area contributed by atoms with Crippen molar-refractivity contribution in [2.24, 2.45) is 0 Å². The zero-order valence-corrected chi connectivity index (χ0v) is 36.6. The molecule has 0 atom stereocenters. The molecule has 0 aliphatic rings. The fraction of sp³-hybridized carbons (Fsp3) is 0.138. The number of rotatable bonds is 6. The third-order valence-corrected chi connectivity index (χ3v) is 13.4. The Kier molecular flexibility index (Phi) is 8.59. The highest BCUT2D eigenvalue weighted by Crippen LogP contribution is 2.43. The predicted octanol–water partition coefficient (Wildman–Crippen LogP) is 17.2. The minimum atomic E-state index is 0.852. The molecule has 0 unspecified atom stereocenters. The topological polar surface area (TPSA) is 32.8 Å². The molecule has 302 valence electrons. The number of hydrogen-bond donors (Lipinski definition) is 0. The third kappa shape index (κ3) is 6.20. The first-order valence-corrected chi connectivity index (χ1v) is 21.6. The summed E-state index contributed by atoms with van der Waals surface area (Å²) < 4.78 is 13.4. The lowest BCUT2D eigenvalue weighted by Crippen LogP contribution is -2.11. The van der Waals surface area contributed by atoms with Crippen LogP contribution in [0.3, 0.4) is 0 Å². The first-order valence-electron chi connectivity index (χ1n) is 21.6. The van der Waals surface area contributed by atoms with E-state index in [0.29, 0.717) is 0 Å². The molecule has 0 aliphatic heterocycles. The van der Waals surface area contributed by atoms with Crippen LogP contribution in [0.25, 0.3) is 65.4 Å². The molecule has 0 fully saturated rings. The van der Waals surface area contributed by atoms with Gasteiger partial charge in [0.1, 0.15) is 22.3 Å². The summed E-state index contributed by atoms with van der Waals surface area (Å²) >= 11 is 0. The minimum Gasteiger partial charge on any atom is -0.456 e. The van der Waals surface area contributed by atoms with Crippen LogP contribution >= 0.6 is 0 Å². The molecule has 0 amide bonds. The first-order chi connectivity index (χ1) is 29.9. The van der Waals surface area contributed by atoms with E-state index in [1.807, 2.05) is 0 Å². The van der Waals surface area contributed by atoms with Crippen LogP contribution in [0.1, 0.15) is 44.5 Å². The van der Waals surface area contributed by atoms with Crippen LogP contribution in [0, 0.1) is 55.4 Å². The average molecular weight is 805 g/mol. The maximum Gasteiger partial charge on any atom is 0.136 e. The Morgan fingerprint density at radius 1 is 0.274 bits per heavy atom. The van der Waals surface area contributed by atoms with Crippen molar-refractivity contribution < 1.29 is 8.83 Å². The minimum absolute atomic E-state index is 0.852. The van der Waals surface area contributed by atoms with Crippen molar-refractivity contribution in [2.75, 3.05) is 9.80 Å². The second-order valence-electron chi connectivity index (χ2n) is 17.6. The molecule has 0 N–H and O–H groups in total. The number of hydrogen-bond acceptors (Lipinski definition) is 4. The molecule has 0 saturated heterocycles. The van der Waals surface area contributed by atoms with Crippen LogP contribution in [0.2, 0.25) is 0 Å². The van der Waals surface area contributed by atoms with Gasteiger partial charge in [-0.05, 0) is 220 Å². The van der Waals surface area contributed by atoms with E-state index in [1.54, 1.807) is 0 Å². The lowest BCUT2D eigenvalue weighted by molar-refractivity contribution is 0.664. The normalized spacial score (nSPS) is 11.9. The summed E-state index contributed by atoms with van der Waals surface area (Å²) in [4.78, 5) is 4.72. The summed E-state index contributed by atoms with van der Waals surface area (Å²) in [6, 6.07) is 53.5. The van der Waals surface area contributed by atoms with Gasteiger partial charge in [-0.15, -0.1) is 0 Å². The van der Waals surface area contributed by atoms with Crippen LogP contribution in [0.4, 0.5) is 34.1 Å². The Labute approximate surface area is 362 Å². The quantitative estimate of drug-likeness (QED) is 0.168. The van der Waals surface area contributed by atoms with Crippen molar-refractivity contribution in [1.82, 2.24) is 0 Å². The van der Waals surface area contributed by atoms with Crippen LogP contribution in [0.5, 0.6) is 0 Å². The largest absolute Gasteiger partial charge is 0.456 e. The number of furan rings is 2. The fourth-order valence-corrected chi connectivity index (χ4v) is 9.35. The first kappa shape index (κ1) is 37.7. The molecule has 9 aromatic carbocycles. The fourth-order valence-electron chi connectivity index (χ4n) is 9.35. The van der Waals surface area contributed by atoms with Gasteiger partial charge >= 0.3 is 0 Å². The maximum absolute atomic E-state index is 6.70. The van der Waals surface area contributed by atoms with E-state index in [0.717, 1.165) is 99.5 Å². The molecule has 0 aliphatic carbocycles. The van der Waals surface area contributed by atoms with Crippen LogP contribution in [0.15, 0.2) is 154 Å². The number of anilines is 6. The highest BCUT2D eigenvalue weighted by atomic mass is 16.3.